The highest BCUT2D eigenvalue weighted by molar-refractivity contribution is 6.16. The summed E-state index contributed by atoms with van der Waals surface area (Å²) in [4.78, 5) is 0. The lowest BCUT2D eigenvalue weighted by molar-refractivity contribution is 0.414. The van der Waals surface area contributed by atoms with Crippen LogP contribution in [0, 0.1) is 5.92 Å². The molecule has 4 nitrogen and oxygen atoms in total. The molecular weight excluding hydrogens is 262 g/mol. The van der Waals surface area contributed by atoms with Gasteiger partial charge in [-0.15, -0.1) is 21.8 Å². The van der Waals surface area contributed by atoms with Gasteiger partial charge in [-0.3, -0.25) is 4.57 Å². The average molecular weight is 280 g/mol. The van der Waals surface area contributed by atoms with E-state index < -0.39 is 0 Å². The number of benzene rings is 1. The number of methoxy groups -OCH3 is 1. The lowest BCUT2D eigenvalue weighted by atomic mass is 10.1. The standard InChI is InChI=1S/C14H18ClN3O/c1-10(2)7-13-16-17-14(9-15)18(13)11-5-4-6-12(8-11)19-3/h4-6,8,10H,7,9H2,1-3H3. The van der Waals surface area contributed by atoms with Gasteiger partial charge in [0, 0.05) is 12.5 Å². The van der Waals surface area contributed by atoms with Gasteiger partial charge in [0.15, 0.2) is 5.82 Å². The summed E-state index contributed by atoms with van der Waals surface area (Å²) in [5.41, 5.74) is 0.982. The van der Waals surface area contributed by atoms with E-state index >= 15 is 0 Å². The van der Waals surface area contributed by atoms with Gasteiger partial charge in [-0.2, -0.15) is 0 Å². The number of rotatable bonds is 5. The van der Waals surface area contributed by atoms with Crippen LogP contribution in [0.4, 0.5) is 0 Å². The van der Waals surface area contributed by atoms with Crippen LogP contribution in [0.2, 0.25) is 0 Å². The van der Waals surface area contributed by atoms with Gasteiger partial charge in [-0.05, 0) is 18.1 Å². The van der Waals surface area contributed by atoms with Crippen molar-refractivity contribution >= 4 is 11.6 Å². The van der Waals surface area contributed by atoms with Gasteiger partial charge >= 0.3 is 0 Å². The molecule has 0 radical (unpaired) electrons. The smallest absolute Gasteiger partial charge is 0.152 e. The van der Waals surface area contributed by atoms with Crippen LogP contribution < -0.4 is 4.74 Å². The van der Waals surface area contributed by atoms with Crippen molar-refractivity contribution < 1.29 is 4.74 Å². The van der Waals surface area contributed by atoms with E-state index in [0.29, 0.717) is 11.8 Å². The molecule has 102 valence electrons. The highest BCUT2D eigenvalue weighted by atomic mass is 35.5. The number of hydrogen-bond donors (Lipinski definition) is 0. The van der Waals surface area contributed by atoms with Crippen LogP contribution >= 0.6 is 11.6 Å². The van der Waals surface area contributed by atoms with Crippen molar-refractivity contribution in [2.24, 2.45) is 5.92 Å². The third kappa shape index (κ3) is 3.07. The highest BCUT2D eigenvalue weighted by Gasteiger charge is 2.14. The Hall–Kier alpha value is -1.55. The van der Waals surface area contributed by atoms with Crippen molar-refractivity contribution in [1.29, 1.82) is 0 Å². The molecule has 0 bridgehead atoms. The molecule has 1 aromatic heterocycles. The summed E-state index contributed by atoms with van der Waals surface area (Å²) in [5.74, 6) is 3.34. The molecule has 0 aliphatic rings. The lowest BCUT2D eigenvalue weighted by Crippen LogP contribution is -2.07. The van der Waals surface area contributed by atoms with E-state index in [1.165, 1.54) is 0 Å². The monoisotopic (exact) mass is 279 g/mol. The Balaban J connectivity index is 2.48. The van der Waals surface area contributed by atoms with Gasteiger partial charge in [0.25, 0.3) is 0 Å². The van der Waals surface area contributed by atoms with Crippen molar-refractivity contribution in [3.63, 3.8) is 0 Å². The minimum atomic E-state index is 0.336. The van der Waals surface area contributed by atoms with Crippen LogP contribution in [0.25, 0.3) is 5.69 Å². The predicted octanol–water partition coefficient (Wildman–Crippen LogP) is 3.21. The molecule has 0 amide bonds. The van der Waals surface area contributed by atoms with Crippen LogP contribution in [0.3, 0.4) is 0 Å². The number of nitrogens with zero attached hydrogens (tertiary/aromatic N) is 3. The Bertz CT molecular complexity index is 551. The van der Waals surface area contributed by atoms with Gasteiger partial charge in [0.05, 0.1) is 18.7 Å². The molecule has 0 N–H and O–H groups in total. The Morgan fingerprint density at radius 2 is 2.00 bits per heavy atom. The van der Waals surface area contributed by atoms with E-state index in [4.69, 9.17) is 16.3 Å². The second-order valence-corrected chi connectivity index (χ2v) is 5.07. The number of halogens is 1. The Labute approximate surface area is 118 Å². The highest BCUT2D eigenvalue weighted by Crippen LogP contribution is 2.21. The van der Waals surface area contributed by atoms with E-state index in [2.05, 4.69) is 24.0 Å². The minimum absolute atomic E-state index is 0.336. The molecule has 1 heterocycles. The topological polar surface area (TPSA) is 39.9 Å². The van der Waals surface area contributed by atoms with Crippen LogP contribution in [-0.2, 0) is 12.3 Å². The molecule has 0 spiro atoms. The fourth-order valence-electron chi connectivity index (χ4n) is 1.99. The number of alkyl halides is 1. The first-order valence-corrected chi connectivity index (χ1v) is 6.82. The average Bonchev–Trinajstić information content (AvgIpc) is 2.80. The molecule has 2 aromatic rings. The first-order chi connectivity index (χ1) is 9.15. The summed E-state index contributed by atoms with van der Waals surface area (Å²) in [6.45, 7) is 4.32. The number of hydrogen-bond acceptors (Lipinski definition) is 3. The molecule has 19 heavy (non-hydrogen) atoms. The summed E-state index contributed by atoms with van der Waals surface area (Å²) in [7, 11) is 1.66. The number of ether oxygens (including phenoxy) is 1. The number of aromatic nitrogens is 3. The second-order valence-electron chi connectivity index (χ2n) is 4.80. The van der Waals surface area contributed by atoms with Crippen LogP contribution in [0.5, 0.6) is 5.75 Å². The lowest BCUT2D eigenvalue weighted by Gasteiger charge is -2.11. The van der Waals surface area contributed by atoms with Gasteiger partial charge in [-0.1, -0.05) is 19.9 Å². The fourth-order valence-corrected chi connectivity index (χ4v) is 2.16. The Kier molecular flexibility index (Phi) is 4.43. The summed E-state index contributed by atoms with van der Waals surface area (Å²) in [5, 5.41) is 8.41. The van der Waals surface area contributed by atoms with Crippen molar-refractivity contribution in [1.82, 2.24) is 14.8 Å². The fraction of sp³-hybridized carbons (Fsp3) is 0.429. The molecule has 0 atom stereocenters. The molecule has 0 saturated heterocycles. The summed E-state index contributed by atoms with van der Waals surface area (Å²) in [6, 6.07) is 7.83. The van der Waals surface area contributed by atoms with Gasteiger partial charge < -0.3 is 4.74 Å². The van der Waals surface area contributed by atoms with E-state index in [-0.39, 0.29) is 0 Å². The summed E-state index contributed by atoms with van der Waals surface area (Å²) < 4.78 is 7.27. The SMILES string of the molecule is COc1cccc(-n2c(CCl)nnc2CC(C)C)c1. The van der Waals surface area contributed by atoms with Crippen molar-refractivity contribution in [2.45, 2.75) is 26.1 Å². The molecule has 1 aromatic carbocycles. The largest absolute Gasteiger partial charge is 0.497 e. The zero-order valence-corrected chi connectivity index (χ0v) is 12.2. The molecule has 2 rings (SSSR count). The van der Waals surface area contributed by atoms with Crippen molar-refractivity contribution in [3.8, 4) is 11.4 Å². The molecule has 5 heteroatoms. The summed E-state index contributed by atoms with van der Waals surface area (Å²) in [6.07, 6.45) is 0.862. The summed E-state index contributed by atoms with van der Waals surface area (Å²) >= 11 is 5.95. The van der Waals surface area contributed by atoms with Crippen LogP contribution in [0.15, 0.2) is 24.3 Å². The minimum Gasteiger partial charge on any atom is -0.497 e. The van der Waals surface area contributed by atoms with E-state index in [1.54, 1.807) is 7.11 Å². The van der Waals surface area contributed by atoms with Gasteiger partial charge in [0.2, 0.25) is 0 Å². The third-order valence-corrected chi connectivity index (χ3v) is 3.06. The Morgan fingerprint density at radius 1 is 1.26 bits per heavy atom. The van der Waals surface area contributed by atoms with Crippen LogP contribution in [-0.4, -0.2) is 21.9 Å². The van der Waals surface area contributed by atoms with Crippen molar-refractivity contribution in [3.05, 3.63) is 35.9 Å². The zero-order chi connectivity index (χ0) is 13.8. The Morgan fingerprint density at radius 3 is 2.63 bits per heavy atom. The molecule has 0 fully saturated rings. The van der Waals surface area contributed by atoms with Crippen molar-refractivity contribution in [2.75, 3.05) is 7.11 Å². The quantitative estimate of drug-likeness (QED) is 0.789. The molecular formula is C14H18ClN3O. The molecule has 0 aliphatic heterocycles. The molecule has 0 saturated carbocycles. The maximum atomic E-state index is 5.95. The van der Waals surface area contributed by atoms with Crippen LogP contribution in [0.1, 0.15) is 25.5 Å². The normalized spacial score (nSPS) is 11.0. The van der Waals surface area contributed by atoms with E-state index in [9.17, 15) is 0 Å². The first-order valence-electron chi connectivity index (χ1n) is 6.29. The van der Waals surface area contributed by atoms with Gasteiger partial charge in [-0.25, -0.2) is 0 Å². The van der Waals surface area contributed by atoms with E-state index in [1.807, 2.05) is 28.8 Å². The molecule has 0 unspecified atom stereocenters. The van der Waals surface area contributed by atoms with Gasteiger partial charge in [0.1, 0.15) is 11.6 Å². The first kappa shape index (κ1) is 13.9. The molecule has 0 aliphatic carbocycles. The zero-order valence-electron chi connectivity index (χ0n) is 11.4. The maximum Gasteiger partial charge on any atom is 0.152 e. The third-order valence-electron chi connectivity index (χ3n) is 2.82. The maximum absolute atomic E-state index is 5.95. The second kappa shape index (κ2) is 6.06. The predicted molar refractivity (Wildman–Crippen MR) is 76.0 cm³/mol. The van der Waals surface area contributed by atoms with E-state index in [0.717, 1.165) is 29.5 Å².